The predicted octanol–water partition coefficient (Wildman–Crippen LogP) is 1.83. The zero-order valence-electron chi connectivity index (χ0n) is 13.5. The molecule has 1 aromatic rings. The summed E-state index contributed by atoms with van der Waals surface area (Å²) in [4.78, 5) is 2.26. The third-order valence-corrected chi connectivity index (χ3v) is 5.00. The fourth-order valence-electron chi connectivity index (χ4n) is 4.02. The Kier molecular flexibility index (Phi) is 3.72. The molecule has 0 bridgehead atoms. The lowest BCUT2D eigenvalue weighted by Crippen LogP contribution is -2.68. The summed E-state index contributed by atoms with van der Waals surface area (Å²) in [6.07, 6.45) is 1.16. The summed E-state index contributed by atoms with van der Waals surface area (Å²) in [6, 6.07) is 6.77. The minimum absolute atomic E-state index is 0.0728. The van der Waals surface area contributed by atoms with E-state index in [0.29, 0.717) is 12.0 Å². The van der Waals surface area contributed by atoms with E-state index in [0.717, 1.165) is 25.3 Å². The van der Waals surface area contributed by atoms with E-state index in [1.807, 2.05) is 0 Å². The zero-order valence-corrected chi connectivity index (χ0v) is 13.5. The number of ether oxygens (including phenoxy) is 1. The molecular formula is C17H27N3O. The Morgan fingerprint density at radius 1 is 1.48 bits per heavy atom. The van der Waals surface area contributed by atoms with E-state index < -0.39 is 0 Å². The van der Waals surface area contributed by atoms with Gasteiger partial charge in [0.25, 0.3) is 0 Å². The summed E-state index contributed by atoms with van der Waals surface area (Å²) in [5.41, 5.74) is 8.86. The van der Waals surface area contributed by atoms with Gasteiger partial charge in [0.05, 0.1) is 12.8 Å². The summed E-state index contributed by atoms with van der Waals surface area (Å²) in [5, 5.41) is 3.72. The van der Waals surface area contributed by atoms with Gasteiger partial charge in [0.2, 0.25) is 0 Å². The van der Waals surface area contributed by atoms with Gasteiger partial charge in [-0.2, -0.15) is 0 Å². The number of piperazine rings is 1. The van der Waals surface area contributed by atoms with Crippen molar-refractivity contribution in [3.63, 3.8) is 0 Å². The molecule has 4 nitrogen and oxygen atoms in total. The van der Waals surface area contributed by atoms with Crippen LogP contribution in [-0.4, -0.2) is 42.8 Å². The first-order valence-electron chi connectivity index (χ1n) is 7.85. The van der Waals surface area contributed by atoms with Gasteiger partial charge < -0.3 is 15.8 Å². The SMILES string of the molecule is Cc1cccc2c1OCC2CC1(C)CN(C)C(N)C(C)N1. The van der Waals surface area contributed by atoms with Crippen LogP contribution in [0.3, 0.4) is 0 Å². The quantitative estimate of drug-likeness (QED) is 0.872. The Morgan fingerprint density at radius 2 is 2.24 bits per heavy atom. The van der Waals surface area contributed by atoms with Crippen molar-refractivity contribution < 1.29 is 4.74 Å². The van der Waals surface area contributed by atoms with E-state index in [1.165, 1.54) is 11.1 Å². The van der Waals surface area contributed by atoms with E-state index in [4.69, 9.17) is 10.5 Å². The average Bonchev–Trinajstić information content (AvgIpc) is 2.80. The van der Waals surface area contributed by atoms with Crippen LogP contribution in [0.5, 0.6) is 5.75 Å². The maximum Gasteiger partial charge on any atom is 0.125 e. The lowest BCUT2D eigenvalue weighted by molar-refractivity contribution is 0.0692. The number of hydrogen-bond acceptors (Lipinski definition) is 4. The normalized spacial score (nSPS) is 36.3. The molecule has 0 aliphatic carbocycles. The number of rotatable bonds is 2. The van der Waals surface area contributed by atoms with Crippen LogP contribution in [0.2, 0.25) is 0 Å². The van der Waals surface area contributed by atoms with Crippen molar-refractivity contribution in [3.8, 4) is 5.75 Å². The van der Waals surface area contributed by atoms with Crippen LogP contribution in [0.15, 0.2) is 18.2 Å². The molecule has 4 unspecified atom stereocenters. The van der Waals surface area contributed by atoms with Crippen LogP contribution >= 0.6 is 0 Å². The van der Waals surface area contributed by atoms with E-state index in [-0.39, 0.29) is 11.7 Å². The molecule has 1 saturated heterocycles. The maximum atomic E-state index is 6.19. The highest BCUT2D eigenvalue weighted by atomic mass is 16.5. The highest BCUT2D eigenvalue weighted by Gasteiger charge is 2.40. The summed E-state index contributed by atoms with van der Waals surface area (Å²) >= 11 is 0. The van der Waals surface area contributed by atoms with Gasteiger partial charge >= 0.3 is 0 Å². The van der Waals surface area contributed by atoms with Gasteiger partial charge in [-0.1, -0.05) is 18.2 Å². The molecule has 1 aromatic carbocycles. The molecule has 2 aliphatic heterocycles. The minimum atomic E-state index is 0.0728. The van der Waals surface area contributed by atoms with Gasteiger partial charge in [-0.15, -0.1) is 0 Å². The molecule has 2 heterocycles. The second-order valence-electron chi connectivity index (χ2n) is 7.10. The average molecular weight is 289 g/mol. The van der Waals surface area contributed by atoms with Crippen LogP contribution in [0.25, 0.3) is 0 Å². The fourth-order valence-corrected chi connectivity index (χ4v) is 4.02. The molecule has 21 heavy (non-hydrogen) atoms. The number of nitrogens with zero attached hydrogens (tertiary/aromatic N) is 1. The second-order valence-corrected chi connectivity index (χ2v) is 7.10. The van der Waals surface area contributed by atoms with Crippen LogP contribution in [-0.2, 0) is 0 Å². The first-order valence-corrected chi connectivity index (χ1v) is 7.85. The molecule has 0 amide bonds. The third kappa shape index (κ3) is 2.68. The van der Waals surface area contributed by atoms with Crippen LogP contribution < -0.4 is 15.8 Å². The number of para-hydroxylation sites is 1. The Balaban J connectivity index is 1.78. The summed E-state index contributed by atoms with van der Waals surface area (Å²) in [7, 11) is 2.11. The molecule has 0 radical (unpaired) electrons. The van der Waals surface area contributed by atoms with Crippen LogP contribution in [0, 0.1) is 6.92 Å². The molecule has 0 spiro atoms. The van der Waals surface area contributed by atoms with Crippen LogP contribution in [0.1, 0.15) is 37.3 Å². The fraction of sp³-hybridized carbons (Fsp3) is 0.647. The predicted molar refractivity (Wildman–Crippen MR) is 85.6 cm³/mol. The first-order chi connectivity index (χ1) is 9.89. The van der Waals surface area contributed by atoms with E-state index in [9.17, 15) is 0 Å². The lowest BCUT2D eigenvalue weighted by Gasteiger charge is -2.48. The first kappa shape index (κ1) is 14.8. The van der Waals surface area contributed by atoms with Crippen molar-refractivity contribution in [1.29, 1.82) is 0 Å². The summed E-state index contributed by atoms with van der Waals surface area (Å²) in [5.74, 6) is 1.56. The van der Waals surface area contributed by atoms with E-state index in [1.54, 1.807) is 0 Å². The van der Waals surface area contributed by atoms with E-state index >= 15 is 0 Å². The number of fused-ring (bicyclic) bond motifs is 1. The molecule has 3 rings (SSSR count). The summed E-state index contributed by atoms with van der Waals surface area (Å²) in [6.45, 7) is 8.36. The van der Waals surface area contributed by atoms with Crippen LogP contribution in [0.4, 0.5) is 0 Å². The number of aryl methyl sites for hydroxylation is 1. The van der Waals surface area contributed by atoms with Crippen molar-refractivity contribution in [2.24, 2.45) is 5.73 Å². The minimum Gasteiger partial charge on any atom is -0.492 e. The standard InChI is InChI=1S/C17H27N3O/c1-11-6-5-7-14-13(9-21-15(11)14)8-17(3)10-20(4)16(18)12(2)19-17/h5-7,12-13,16,19H,8-10,18H2,1-4H3. The van der Waals surface area contributed by atoms with Gasteiger partial charge in [-0.3, -0.25) is 4.90 Å². The topological polar surface area (TPSA) is 50.5 Å². The van der Waals surface area contributed by atoms with Gasteiger partial charge in [0.15, 0.2) is 0 Å². The maximum absolute atomic E-state index is 6.19. The van der Waals surface area contributed by atoms with Gasteiger partial charge in [0.1, 0.15) is 5.75 Å². The number of nitrogens with two attached hydrogens (primary N) is 1. The lowest BCUT2D eigenvalue weighted by atomic mass is 9.83. The number of nitrogens with one attached hydrogen (secondary N) is 1. The van der Waals surface area contributed by atoms with Crippen molar-refractivity contribution >= 4 is 0 Å². The van der Waals surface area contributed by atoms with E-state index in [2.05, 4.69) is 56.2 Å². The Morgan fingerprint density at radius 3 is 2.95 bits per heavy atom. The Hall–Kier alpha value is -1.10. The molecule has 4 atom stereocenters. The number of likely N-dealkylation sites (N-methyl/N-ethyl adjacent to an activating group) is 1. The Bertz CT molecular complexity index is 519. The molecule has 2 aliphatic rings. The van der Waals surface area contributed by atoms with Crippen molar-refractivity contribution in [2.45, 2.75) is 50.9 Å². The van der Waals surface area contributed by atoms with Gasteiger partial charge in [-0.05, 0) is 39.8 Å². The largest absolute Gasteiger partial charge is 0.492 e. The number of hydrogen-bond donors (Lipinski definition) is 2. The number of benzene rings is 1. The molecule has 1 fully saturated rings. The third-order valence-electron chi connectivity index (χ3n) is 5.00. The zero-order chi connectivity index (χ0) is 15.2. The van der Waals surface area contributed by atoms with Crippen molar-refractivity contribution in [3.05, 3.63) is 29.3 Å². The molecule has 4 heteroatoms. The van der Waals surface area contributed by atoms with Crippen molar-refractivity contribution in [1.82, 2.24) is 10.2 Å². The Labute approximate surface area is 127 Å². The molecular weight excluding hydrogens is 262 g/mol. The smallest absolute Gasteiger partial charge is 0.125 e. The van der Waals surface area contributed by atoms with Gasteiger partial charge in [-0.25, -0.2) is 0 Å². The second kappa shape index (κ2) is 5.27. The highest BCUT2D eigenvalue weighted by Crippen LogP contribution is 2.40. The monoisotopic (exact) mass is 289 g/mol. The molecule has 3 N–H and O–H groups in total. The highest BCUT2D eigenvalue weighted by molar-refractivity contribution is 5.45. The summed E-state index contributed by atoms with van der Waals surface area (Å²) < 4.78 is 5.94. The molecule has 0 aromatic heterocycles. The van der Waals surface area contributed by atoms with Crippen molar-refractivity contribution in [2.75, 3.05) is 20.2 Å². The molecule has 0 saturated carbocycles. The molecule has 116 valence electrons. The van der Waals surface area contributed by atoms with Gasteiger partial charge in [0, 0.05) is 29.6 Å².